The Labute approximate surface area is 141 Å². The van der Waals surface area contributed by atoms with Crippen LogP contribution in [0.4, 0.5) is 22.0 Å². The van der Waals surface area contributed by atoms with Gasteiger partial charge in [-0.05, 0) is 31.4 Å². The summed E-state index contributed by atoms with van der Waals surface area (Å²) < 4.78 is 68.3. The number of halogens is 5. The van der Waals surface area contributed by atoms with Crippen LogP contribution in [-0.4, -0.2) is 27.3 Å². The molecule has 0 atom stereocenters. The number of ether oxygens (including phenoxy) is 1. The highest BCUT2D eigenvalue weighted by atomic mass is 19.4. The third kappa shape index (κ3) is 5.14. The standard InChI is InChI=1S/C16H18F5N3O/c1-3-13-22-8-10(2)24(13)14-12(25-15(17)18)7-11(9-23-14)5-4-6-16(19,20)21/h7-9,15H,3-6H2,1-2H3. The predicted molar refractivity (Wildman–Crippen MR) is 81.1 cm³/mol. The van der Waals surface area contributed by atoms with E-state index in [1.807, 2.05) is 6.92 Å². The lowest BCUT2D eigenvalue weighted by Gasteiger charge is -2.15. The lowest BCUT2D eigenvalue weighted by Crippen LogP contribution is -2.11. The zero-order valence-electron chi connectivity index (χ0n) is 13.8. The van der Waals surface area contributed by atoms with Crippen LogP contribution in [0.15, 0.2) is 18.5 Å². The first-order valence-electron chi connectivity index (χ1n) is 7.75. The Morgan fingerprint density at radius 1 is 1.20 bits per heavy atom. The number of imidazole rings is 1. The molecule has 0 saturated heterocycles. The molecule has 0 N–H and O–H groups in total. The highest BCUT2D eigenvalue weighted by molar-refractivity contribution is 5.44. The van der Waals surface area contributed by atoms with Crippen LogP contribution in [0.2, 0.25) is 0 Å². The molecule has 9 heteroatoms. The second kappa shape index (κ2) is 7.79. The van der Waals surface area contributed by atoms with Crippen molar-refractivity contribution in [1.82, 2.24) is 14.5 Å². The van der Waals surface area contributed by atoms with E-state index in [2.05, 4.69) is 14.7 Å². The molecule has 0 saturated carbocycles. The van der Waals surface area contributed by atoms with Crippen molar-refractivity contribution >= 4 is 0 Å². The van der Waals surface area contributed by atoms with Gasteiger partial charge in [0, 0.05) is 30.9 Å². The number of hydrogen-bond donors (Lipinski definition) is 0. The van der Waals surface area contributed by atoms with E-state index in [1.54, 1.807) is 17.7 Å². The van der Waals surface area contributed by atoms with E-state index in [0.29, 0.717) is 23.5 Å². The summed E-state index contributed by atoms with van der Waals surface area (Å²) in [6.45, 7) is 0.536. The number of aromatic nitrogens is 3. The SMILES string of the molecule is CCc1ncc(C)n1-c1ncc(CCCC(F)(F)F)cc1OC(F)F. The van der Waals surface area contributed by atoms with Crippen LogP contribution in [-0.2, 0) is 12.8 Å². The minimum Gasteiger partial charge on any atom is -0.431 e. The summed E-state index contributed by atoms with van der Waals surface area (Å²) in [6.07, 6.45) is -1.76. The highest BCUT2D eigenvalue weighted by Crippen LogP contribution is 2.28. The Kier molecular flexibility index (Phi) is 5.97. The lowest BCUT2D eigenvalue weighted by atomic mass is 10.1. The van der Waals surface area contributed by atoms with Crippen LogP contribution in [0.3, 0.4) is 0 Å². The largest absolute Gasteiger partial charge is 0.431 e. The molecule has 0 aliphatic heterocycles. The fraction of sp³-hybridized carbons (Fsp3) is 0.500. The topological polar surface area (TPSA) is 39.9 Å². The Bertz CT molecular complexity index is 712. The molecule has 0 bridgehead atoms. The van der Waals surface area contributed by atoms with Gasteiger partial charge in [0.15, 0.2) is 11.6 Å². The number of alkyl halides is 5. The number of hydrogen-bond acceptors (Lipinski definition) is 3. The van der Waals surface area contributed by atoms with Crippen LogP contribution in [0.1, 0.15) is 36.8 Å². The summed E-state index contributed by atoms with van der Waals surface area (Å²) in [5, 5.41) is 0. The normalized spacial score (nSPS) is 12.0. The van der Waals surface area contributed by atoms with Gasteiger partial charge in [-0.25, -0.2) is 9.97 Å². The second-order valence-corrected chi connectivity index (χ2v) is 5.52. The molecule has 0 unspecified atom stereocenters. The molecule has 0 aliphatic carbocycles. The Balaban J connectivity index is 2.32. The van der Waals surface area contributed by atoms with Gasteiger partial charge in [0.05, 0.1) is 0 Å². The molecule has 2 aromatic rings. The number of aryl methyl sites for hydroxylation is 3. The van der Waals surface area contributed by atoms with Crippen molar-refractivity contribution in [3.63, 3.8) is 0 Å². The average molecular weight is 363 g/mol. The van der Waals surface area contributed by atoms with Crippen LogP contribution < -0.4 is 4.74 Å². The molecule has 2 heterocycles. The molecule has 2 rings (SSSR count). The van der Waals surface area contributed by atoms with E-state index >= 15 is 0 Å². The molecular weight excluding hydrogens is 345 g/mol. The first-order chi connectivity index (χ1) is 11.7. The van der Waals surface area contributed by atoms with Crippen molar-refractivity contribution < 1.29 is 26.7 Å². The van der Waals surface area contributed by atoms with E-state index in [1.165, 1.54) is 12.3 Å². The van der Waals surface area contributed by atoms with Crippen molar-refractivity contribution in [2.24, 2.45) is 0 Å². The fourth-order valence-corrected chi connectivity index (χ4v) is 2.48. The second-order valence-electron chi connectivity index (χ2n) is 5.52. The summed E-state index contributed by atoms with van der Waals surface area (Å²) >= 11 is 0. The van der Waals surface area contributed by atoms with E-state index in [0.717, 1.165) is 0 Å². The van der Waals surface area contributed by atoms with Crippen molar-refractivity contribution in [2.45, 2.75) is 52.3 Å². The molecular formula is C16H18F5N3O. The monoisotopic (exact) mass is 363 g/mol. The maximum absolute atomic E-state index is 12.7. The summed E-state index contributed by atoms with van der Waals surface area (Å²) in [7, 11) is 0. The first kappa shape index (κ1) is 19.1. The number of pyridine rings is 1. The van der Waals surface area contributed by atoms with Crippen molar-refractivity contribution in [3.05, 3.63) is 35.5 Å². The molecule has 0 amide bonds. The van der Waals surface area contributed by atoms with Crippen LogP contribution in [0.25, 0.3) is 5.82 Å². The van der Waals surface area contributed by atoms with Gasteiger partial charge < -0.3 is 4.74 Å². The van der Waals surface area contributed by atoms with Gasteiger partial charge in [0.1, 0.15) is 5.82 Å². The molecule has 138 valence electrons. The third-order valence-electron chi connectivity index (χ3n) is 3.57. The van der Waals surface area contributed by atoms with Crippen LogP contribution in [0.5, 0.6) is 5.75 Å². The molecule has 0 aromatic carbocycles. The van der Waals surface area contributed by atoms with Gasteiger partial charge >= 0.3 is 12.8 Å². The number of rotatable bonds is 7. The average Bonchev–Trinajstić information content (AvgIpc) is 2.86. The van der Waals surface area contributed by atoms with Crippen molar-refractivity contribution in [1.29, 1.82) is 0 Å². The maximum atomic E-state index is 12.7. The van der Waals surface area contributed by atoms with Gasteiger partial charge in [-0.2, -0.15) is 22.0 Å². The predicted octanol–water partition coefficient (Wildman–Crippen LogP) is 4.62. The Morgan fingerprint density at radius 3 is 2.52 bits per heavy atom. The molecule has 0 aliphatic rings. The molecule has 0 radical (unpaired) electrons. The Hall–Kier alpha value is -2.19. The van der Waals surface area contributed by atoms with Gasteiger partial charge in [-0.15, -0.1) is 0 Å². The van der Waals surface area contributed by atoms with Gasteiger partial charge in [0.25, 0.3) is 0 Å². The van der Waals surface area contributed by atoms with E-state index in [-0.39, 0.29) is 24.4 Å². The molecule has 4 nitrogen and oxygen atoms in total. The van der Waals surface area contributed by atoms with E-state index in [4.69, 9.17) is 0 Å². The highest BCUT2D eigenvalue weighted by Gasteiger charge is 2.26. The summed E-state index contributed by atoms with van der Waals surface area (Å²) in [4.78, 5) is 8.33. The minimum absolute atomic E-state index is 0.0654. The van der Waals surface area contributed by atoms with Crippen molar-refractivity contribution in [3.8, 4) is 11.6 Å². The zero-order chi connectivity index (χ0) is 18.6. The molecule has 2 aromatic heterocycles. The Morgan fingerprint density at radius 2 is 1.92 bits per heavy atom. The summed E-state index contributed by atoms with van der Waals surface area (Å²) in [6, 6.07) is 1.31. The first-order valence-corrected chi connectivity index (χ1v) is 7.75. The smallest absolute Gasteiger partial charge is 0.389 e. The summed E-state index contributed by atoms with van der Waals surface area (Å²) in [5.41, 5.74) is 1.09. The van der Waals surface area contributed by atoms with Gasteiger partial charge in [0.2, 0.25) is 0 Å². The molecule has 0 fully saturated rings. The molecule has 0 spiro atoms. The van der Waals surface area contributed by atoms with Gasteiger partial charge in [-0.3, -0.25) is 4.57 Å². The van der Waals surface area contributed by atoms with Crippen LogP contribution in [0, 0.1) is 6.92 Å². The lowest BCUT2D eigenvalue weighted by molar-refractivity contribution is -0.135. The summed E-state index contributed by atoms with van der Waals surface area (Å²) in [5.74, 6) is 0.580. The van der Waals surface area contributed by atoms with Gasteiger partial charge in [-0.1, -0.05) is 6.92 Å². The molecule has 25 heavy (non-hydrogen) atoms. The maximum Gasteiger partial charge on any atom is 0.389 e. The van der Waals surface area contributed by atoms with E-state index < -0.39 is 19.2 Å². The van der Waals surface area contributed by atoms with Crippen LogP contribution >= 0.6 is 0 Å². The van der Waals surface area contributed by atoms with Crippen molar-refractivity contribution in [2.75, 3.05) is 0 Å². The number of nitrogens with zero attached hydrogens (tertiary/aromatic N) is 3. The zero-order valence-corrected chi connectivity index (χ0v) is 13.8. The fourth-order valence-electron chi connectivity index (χ4n) is 2.48. The minimum atomic E-state index is -4.25. The quantitative estimate of drug-likeness (QED) is 0.674. The third-order valence-corrected chi connectivity index (χ3v) is 3.57. The van der Waals surface area contributed by atoms with E-state index in [9.17, 15) is 22.0 Å².